The molecule has 2 unspecified atom stereocenters. The third-order valence-corrected chi connectivity index (χ3v) is 8.13. The van der Waals surface area contributed by atoms with Crippen LogP contribution in [0.2, 0.25) is 0 Å². The summed E-state index contributed by atoms with van der Waals surface area (Å²) in [5, 5.41) is 4.44. The molecule has 2 fully saturated rings. The van der Waals surface area contributed by atoms with Crippen LogP contribution in [0.4, 0.5) is 0 Å². The number of hydrogen-bond acceptors (Lipinski definition) is 5. The van der Waals surface area contributed by atoms with Gasteiger partial charge in [-0.15, -0.1) is 11.3 Å². The first-order chi connectivity index (χ1) is 9.99. The second-order valence-corrected chi connectivity index (χ2v) is 10.2. The van der Waals surface area contributed by atoms with Crippen LogP contribution in [-0.2, 0) is 28.2 Å². The highest BCUT2D eigenvalue weighted by Gasteiger charge is 2.53. The van der Waals surface area contributed by atoms with Gasteiger partial charge in [0, 0.05) is 17.2 Å². The highest BCUT2D eigenvalue weighted by atomic mass is 32.2. The van der Waals surface area contributed by atoms with E-state index < -0.39 is 15.4 Å². The van der Waals surface area contributed by atoms with Crippen molar-refractivity contribution >= 4 is 21.2 Å². The molecule has 4 nitrogen and oxygen atoms in total. The van der Waals surface area contributed by atoms with Gasteiger partial charge in [0.1, 0.15) is 5.01 Å². The van der Waals surface area contributed by atoms with Gasteiger partial charge in [-0.1, -0.05) is 0 Å². The summed E-state index contributed by atoms with van der Waals surface area (Å²) in [7, 11) is -3.06. The van der Waals surface area contributed by atoms with Crippen LogP contribution in [0.25, 0.3) is 0 Å². The molecule has 21 heavy (non-hydrogen) atoms. The third kappa shape index (κ3) is 2.35. The van der Waals surface area contributed by atoms with E-state index in [-0.39, 0.29) is 5.25 Å². The fraction of sp³-hybridized carbons (Fsp3) is 0.800. The standard InChI is InChI=1S/C15H22N2O2S2/c1-21(18,19)13-6-3-9-15(13,17-10-7-8-10)14-16-11-4-2-5-12(11)20-14/h10,13,17H,2-9H2,1H3. The number of thiazole rings is 1. The molecule has 3 aliphatic rings. The summed E-state index contributed by atoms with van der Waals surface area (Å²) in [4.78, 5) is 6.27. The lowest BCUT2D eigenvalue weighted by Gasteiger charge is -2.34. The molecule has 2 saturated carbocycles. The molecule has 0 spiro atoms. The van der Waals surface area contributed by atoms with E-state index >= 15 is 0 Å². The van der Waals surface area contributed by atoms with Crippen LogP contribution in [0, 0.1) is 0 Å². The molecule has 0 saturated heterocycles. The lowest BCUT2D eigenvalue weighted by atomic mass is 9.97. The van der Waals surface area contributed by atoms with Crippen molar-refractivity contribution in [3.05, 3.63) is 15.6 Å². The summed E-state index contributed by atoms with van der Waals surface area (Å²) in [5.74, 6) is 0. The number of rotatable bonds is 4. The summed E-state index contributed by atoms with van der Waals surface area (Å²) >= 11 is 1.77. The molecule has 0 aromatic carbocycles. The molecule has 0 aliphatic heterocycles. The van der Waals surface area contributed by atoms with E-state index in [0.717, 1.165) is 37.1 Å². The van der Waals surface area contributed by atoms with E-state index in [1.54, 1.807) is 11.3 Å². The highest BCUT2D eigenvalue weighted by Crippen LogP contribution is 2.47. The van der Waals surface area contributed by atoms with Gasteiger partial charge in [-0.3, -0.25) is 0 Å². The van der Waals surface area contributed by atoms with Gasteiger partial charge >= 0.3 is 0 Å². The number of hydrogen-bond donors (Lipinski definition) is 1. The fourth-order valence-electron chi connectivity index (χ4n) is 4.00. The average Bonchev–Trinajstić information content (AvgIpc) is 2.82. The van der Waals surface area contributed by atoms with Gasteiger partial charge in [-0.05, 0) is 51.4 Å². The molecule has 6 heteroatoms. The summed E-state index contributed by atoms with van der Waals surface area (Å²) in [6.45, 7) is 0. The van der Waals surface area contributed by atoms with Crippen molar-refractivity contribution in [2.24, 2.45) is 0 Å². The van der Waals surface area contributed by atoms with E-state index in [4.69, 9.17) is 4.98 Å². The first-order valence-corrected chi connectivity index (χ1v) is 10.7. The minimum absolute atomic E-state index is 0.308. The molecule has 2 atom stereocenters. The average molecular weight is 326 g/mol. The third-order valence-electron chi connectivity index (χ3n) is 5.12. The van der Waals surface area contributed by atoms with Gasteiger partial charge in [-0.2, -0.15) is 0 Å². The van der Waals surface area contributed by atoms with Gasteiger partial charge in [0.05, 0.1) is 16.5 Å². The first-order valence-electron chi connectivity index (χ1n) is 7.95. The molecule has 0 amide bonds. The van der Waals surface area contributed by atoms with E-state index in [1.165, 1.54) is 36.1 Å². The monoisotopic (exact) mass is 326 g/mol. The SMILES string of the molecule is CS(=O)(=O)C1CCCC1(NC1CC1)c1nc2c(s1)CCC2. The second kappa shape index (κ2) is 4.77. The van der Waals surface area contributed by atoms with Crippen LogP contribution in [0.1, 0.15) is 54.1 Å². The Morgan fingerprint density at radius 1 is 1.24 bits per heavy atom. The topological polar surface area (TPSA) is 59.1 Å². The molecule has 3 aliphatic carbocycles. The van der Waals surface area contributed by atoms with Crippen molar-refractivity contribution in [1.82, 2.24) is 10.3 Å². The molecular formula is C15H22N2O2S2. The predicted octanol–water partition coefficient (Wildman–Crippen LogP) is 2.18. The number of fused-ring (bicyclic) bond motifs is 1. The van der Waals surface area contributed by atoms with Crippen LogP contribution < -0.4 is 5.32 Å². The van der Waals surface area contributed by atoms with Crippen LogP contribution in [0.15, 0.2) is 0 Å². The Morgan fingerprint density at radius 2 is 2.05 bits per heavy atom. The number of aromatic nitrogens is 1. The molecule has 0 radical (unpaired) electrons. The van der Waals surface area contributed by atoms with E-state index in [0.29, 0.717) is 6.04 Å². The minimum atomic E-state index is -3.06. The minimum Gasteiger partial charge on any atom is -0.302 e. The molecule has 1 heterocycles. The Balaban J connectivity index is 1.79. The normalized spacial score (nSPS) is 32.5. The summed E-state index contributed by atoms with van der Waals surface area (Å²) in [5.41, 5.74) is 0.815. The molecule has 116 valence electrons. The molecule has 1 N–H and O–H groups in total. The Kier molecular flexibility index (Phi) is 3.21. The maximum absolute atomic E-state index is 12.3. The zero-order valence-corrected chi connectivity index (χ0v) is 14.0. The van der Waals surface area contributed by atoms with E-state index in [2.05, 4.69) is 5.32 Å². The van der Waals surface area contributed by atoms with Gasteiger partial charge in [0.25, 0.3) is 0 Å². The predicted molar refractivity (Wildman–Crippen MR) is 84.5 cm³/mol. The zero-order chi connectivity index (χ0) is 14.7. The fourth-order valence-corrected chi connectivity index (χ4v) is 7.08. The maximum atomic E-state index is 12.3. The smallest absolute Gasteiger partial charge is 0.152 e. The zero-order valence-electron chi connectivity index (χ0n) is 12.4. The molecule has 1 aromatic heterocycles. The van der Waals surface area contributed by atoms with Crippen molar-refractivity contribution in [3.8, 4) is 0 Å². The second-order valence-electron chi connectivity index (χ2n) is 6.84. The summed E-state index contributed by atoms with van der Waals surface area (Å²) < 4.78 is 24.7. The molecule has 1 aromatic rings. The Labute approximate surface area is 130 Å². The van der Waals surface area contributed by atoms with Crippen LogP contribution in [0.5, 0.6) is 0 Å². The van der Waals surface area contributed by atoms with Crippen molar-refractivity contribution in [2.75, 3.05) is 6.26 Å². The van der Waals surface area contributed by atoms with E-state index in [9.17, 15) is 8.42 Å². The lowest BCUT2D eigenvalue weighted by Crippen LogP contribution is -2.52. The van der Waals surface area contributed by atoms with Gasteiger partial charge in [0.2, 0.25) is 0 Å². The summed E-state index contributed by atoms with van der Waals surface area (Å²) in [6, 6.07) is 0.492. The number of sulfone groups is 1. The van der Waals surface area contributed by atoms with E-state index in [1.807, 2.05) is 0 Å². The number of nitrogens with one attached hydrogen (secondary N) is 1. The van der Waals surface area contributed by atoms with Crippen LogP contribution in [-0.4, -0.2) is 30.9 Å². The van der Waals surface area contributed by atoms with Gasteiger partial charge in [-0.25, -0.2) is 13.4 Å². The quantitative estimate of drug-likeness (QED) is 0.921. The number of aryl methyl sites for hydroxylation is 2. The van der Waals surface area contributed by atoms with Crippen LogP contribution >= 0.6 is 11.3 Å². The molecule has 0 bridgehead atoms. The first kappa shape index (κ1) is 14.2. The Bertz CT molecular complexity index is 642. The van der Waals surface area contributed by atoms with Crippen molar-refractivity contribution in [2.45, 2.75) is 68.2 Å². The largest absolute Gasteiger partial charge is 0.302 e. The van der Waals surface area contributed by atoms with Crippen molar-refractivity contribution in [1.29, 1.82) is 0 Å². The maximum Gasteiger partial charge on any atom is 0.152 e. The van der Waals surface area contributed by atoms with Gasteiger partial charge in [0.15, 0.2) is 9.84 Å². The molecular weight excluding hydrogens is 304 g/mol. The van der Waals surface area contributed by atoms with Crippen LogP contribution in [0.3, 0.4) is 0 Å². The van der Waals surface area contributed by atoms with Gasteiger partial charge < -0.3 is 5.32 Å². The Morgan fingerprint density at radius 3 is 2.71 bits per heavy atom. The lowest BCUT2D eigenvalue weighted by molar-refractivity contribution is 0.336. The molecule has 4 rings (SSSR count). The van der Waals surface area contributed by atoms with Crippen molar-refractivity contribution < 1.29 is 8.42 Å². The summed E-state index contributed by atoms with van der Waals surface area (Å²) in [6.07, 6.45) is 9.77. The van der Waals surface area contributed by atoms with Crippen molar-refractivity contribution in [3.63, 3.8) is 0 Å². The Hall–Kier alpha value is -0.460. The number of nitrogens with zero attached hydrogens (tertiary/aromatic N) is 1. The highest BCUT2D eigenvalue weighted by molar-refractivity contribution is 7.91.